The average Bonchev–Trinajstić information content (AvgIpc) is 2.41. The van der Waals surface area contributed by atoms with E-state index in [0.29, 0.717) is 0 Å². The third-order valence-electron chi connectivity index (χ3n) is 1.21. The van der Waals surface area contributed by atoms with Gasteiger partial charge in [-0.3, -0.25) is 4.79 Å². The highest BCUT2D eigenvalue weighted by atomic mass is 16.5. The van der Waals surface area contributed by atoms with Gasteiger partial charge < -0.3 is 10.1 Å². The molecule has 64 valence electrons. The van der Waals surface area contributed by atoms with Gasteiger partial charge in [0.05, 0.1) is 6.26 Å². The number of ether oxygens (including phenoxy) is 1. The van der Waals surface area contributed by atoms with Crippen molar-refractivity contribution in [2.24, 2.45) is 0 Å². The summed E-state index contributed by atoms with van der Waals surface area (Å²) in [7, 11) is 0. The third kappa shape index (κ3) is 9.17. The van der Waals surface area contributed by atoms with E-state index in [-0.39, 0.29) is 5.97 Å². The van der Waals surface area contributed by atoms with Crippen molar-refractivity contribution in [3.8, 4) is 0 Å². The monoisotopic (exact) mass is 157 g/mol. The van der Waals surface area contributed by atoms with Crippen LogP contribution < -0.4 is 5.32 Å². The van der Waals surface area contributed by atoms with Crippen molar-refractivity contribution in [2.45, 2.75) is 19.8 Å². The van der Waals surface area contributed by atoms with Gasteiger partial charge >= 0.3 is 5.97 Å². The first kappa shape index (κ1) is 10.2. The molecule has 0 aromatic heterocycles. The molecule has 0 amide bonds. The van der Waals surface area contributed by atoms with Crippen LogP contribution in [0.2, 0.25) is 0 Å². The minimum Gasteiger partial charge on any atom is -0.435 e. The van der Waals surface area contributed by atoms with Gasteiger partial charge in [0.2, 0.25) is 0 Å². The zero-order valence-electron chi connectivity index (χ0n) is 6.93. The van der Waals surface area contributed by atoms with E-state index in [1.807, 2.05) is 0 Å². The van der Waals surface area contributed by atoms with Crippen molar-refractivity contribution in [2.75, 3.05) is 13.1 Å². The Morgan fingerprint density at radius 3 is 2.18 bits per heavy atom. The molecule has 1 rings (SSSR count). The molecule has 3 nitrogen and oxygen atoms in total. The Hall–Kier alpha value is -0.830. The minimum absolute atomic E-state index is 0.329. The van der Waals surface area contributed by atoms with Crippen molar-refractivity contribution in [3.05, 3.63) is 12.8 Å². The molecule has 3 heteroatoms. The smallest absolute Gasteiger partial charge is 0.307 e. The van der Waals surface area contributed by atoms with Crippen LogP contribution >= 0.6 is 0 Å². The maximum Gasteiger partial charge on any atom is 0.307 e. The van der Waals surface area contributed by atoms with Gasteiger partial charge in [-0.2, -0.15) is 0 Å². The topological polar surface area (TPSA) is 38.3 Å². The van der Waals surface area contributed by atoms with Gasteiger partial charge in [-0.05, 0) is 25.9 Å². The van der Waals surface area contributed by atoms with Crippen LogP contribution in [0.4, 0.5) is 0 Å². The molecular formula is C8H15NO2. The number of carbonyl (C=O) groups excluding carboxylic acids is 1. The van der Waals surface area contributed by atoms with Crippen LogP contribution in [-0.2, 0) is 9.53 Å². The molecule has 1 aliphatic rings. The Morgan fingerprint density at radius 1 is 1.55 bits per heavy atom. The standard InChI is InChI=1S/C4H9N.C4H6O2/c1-2-4-5-3-1;1-3-6-4(2)5/h5H,1-4H2;3H,1H2,2H3. The molecule has 1 N–H and O–H groups in total. The lowest BCUT2D eigenvalue weighted by Crippen LogP contribution is -2.03. The second-order valence-corrected chi connectivity index (χ2v) is 2.23. The van der Waals surface area contributed by atoms with E-state index in [0.717, 1.165) is 6.26 Å². The quantitative estimate of drug-likeness (QED) is 0.457. The summed E-state index contributed by atoms with van der Waals surface area (Å²) in [6.45, 7) is 6.98. The van der Waals surface area contributed by atoms with E-state index in [1.165, 1.54) is 32.9 Å². The fourth-order valence-electron chi connectivity index (χ4n) is 0.742. The number of hydrogen-bond donors (Lipinski definition) is 1. The Bertz CT molecular complexity index is 112. The predicted octanol–water partition coefficient (Wildman–Crippen LogP) is 1.06. The molecule has 0 radical (unpaired) electrons. The molecule has 0 aromatic carbocycles. The second-order valence-electron chi connectivity index (χ2n) is 2.23. The number of esters is 1. The molecule has 0 unspecified atom stereocenters. The van der Waals surface area contributed by atoms with Gasteiger partial charge in [-0.1, -0.05) is 6.58 Å². The highest BCUT2D eigenvalue weighted by Gasteiger charge is 1.93. The van der Waals surface area contributed by atoms with Crippen LogP contribution in [0.1, 0.15) is 19.8 Å². The largest absolute Gasteiger partial charge is 0.435 e. The molecule has 1 saturated heterocycles. The zero-order chi connectivity index (χ0) is 8.53. The molecular weight excluding hydrogens is 142 g/mol. The summed E-state index contributed by atoms with van der Waals surface area (Å²) in [5, 5.41) is 3.22. The molecule has 0 aliphatic carbocycles. The first-order valence-corrected chi connectivity index (χ1v) is 3.76. The van der Waals surface area contributed by atoms with E-state index in [1.54, 1.807) is 0 Å². The van der Waals surface area contributed by atoms with Gasteiger partial charge in [-0.25, -0.2) is 0 Å². The summed E-state index contributed by atoms with van der Waals surface area (Å²) < 4.78 is 4.17. The summed E-state index contributed by atoms with van der Waals surface area (Å²) in [6.07, 6.45) is 3.88. The Morgan fingerprint density at radius 2 is 2.09 bits per heavy atom. The molecule has 1 aliphatic heterocycles. The van der Waals surface area contributed by atoms with Gasteiger partial charge in [0.25, 0.3) is 0 Å². The van der Waals surface area contributed by atoms with Crippen LogP contribution in [0.5, 0.6) is 0 Å². The van der Waals surface area contributed by atoms with E-state index < -0.39 is 0 Å². The van der Waals surface area contributed by atoms with Crippen LogP contribution in [0.3, 0.4) is 0 Å². The zero-order valence-corrected chi connectivity index (χ0v) is 6.93. The summed E-state index contributed by atoms with van der Waals surface area (Å²) in [5.41, 5.74) is 0. The van der Waals surface area contributed by atoms with Crippen LogP contribution in [0.25, 0.3) is 0 Å². The molecule has 0 aromatic rings. The van der Waals surface area contributed by atoms with Crippen molar-refractivity contribution < 1.29 is 9.53 Å². The molecule has 11 heavy (non-hydrogen) atoms. The molecule has 0 spiro atoms. The Kier molecular flexibility index (Phi) is 6.73. The van der Waals surface area contributed by atoms with E-state index in [4.69, 9.17) is 0 Å². The number of carbonyl (C=O) groups is 1. The van der Waals surface area contributed by atoms with Gasteiger partial charge in [0.15, 0.2) is 0 Å². The Balaban J connectivity index is 0.000000183. The van der Waals surface area contributed by atoms with Crippen LogP contribution in [-0.4, -0.2) is 19.1 Å². The van der Waals surface area contributed by atoms with Crippen molar-refractivity contribution in [3.63, 3.8) is 0 Å². The highest BCUT2D eigenvalue weighted by molar-refractivity contribution is 5.66. The van der Waals surface area contributed by atoms with E-state index in [9.17, 15) is 4.79 Å². The van der Waals surface area contributed by atoms with Crippen LogP contribution in [0.15, 0.2) is 12.8 Å². The lowest BCUT2D eigenvalue weighted by Gasteiger charge is -1.83. The predicted molar refractivity (Wildman–Crippen MR) is 44.1 cm³/mol. The second kappa shape index (κ2) is 7.28. The minimum atomic E-state index is -0.329. The van der Waals surface area contributed by atoms with Crippen molar-refractivity contribution >= 4 is 5.97 Å². The Labute approximate surface area is 67.4 Å². The normalized spacial score (nSPS) is 14.6. The fourth-order valence-corrected chi connectivity index (χ4v) is 0.742. The first-order valence-electron chi connectivity index (χ1n) is 3.76. The van der Waals surface area contributed by atoms with Gasteiger partial charge in [0.1, 0.15) is 0 Å². The molecule has 1 fully saturated rings. The first-order chi connectivity index (χ1) is 5.27. The summed E-state index contributed by atoms with van der Waals surface area (Å²) in [4.78, 5) is 9.75. The molecule has 0 atom stereocenters. The van der Waals surface area contributed by atoms with Gasteiger partial charge in [0, 0.05) is 6.92 Å². The van der Waals surface area contributed by atoms with E-state index in [2.05, 4.69) is 16.6 Å². The molecule has 1 heterocycles. The summed E-state index contributed by atoms with van der Waals surface area (Å²) >= 11 is 0. The van der Waals surface area contributed by atoms with E-state index >= 15 is 0 Å². The van der Waals surface area contributed by atoms with Crippen molar-refractivity contribution in [1.82, 2.24) is 5.32 Å². The summed E-state index contributed by atoms with van der Waals surface area (Å²) in [6, 6.07) is 0. The molecule has 0 saturated carbocycles. The number of nitrogens with one attached hydrogen (secondary N) is 1. The molecule has 0 bridgehead atoms. The SMILES string of the molecule is C1CCNC1.C=COC(C)=O. The maximum atomic E-state index is 9.75. The van der Waals surface area contributed by atoms with Crippen molar-refractivity contribution in [1.29, 1.82) is 0 Å². The lowest BCUT2D eigenvalue weighted by molar-refractivity contribution is -0.135. The third-order valence-corrected chi connectivity index (χ3v) is 1.21. The maximum absolute atomic E-state index is 9.75. The van der Waals surface area contributed by atoms with Gasteiger partial charge in [-0.15, -0.1) is 0 Å². The summed E-state index contributed by atoms with van der Waals surface area (Å²) in [5.74, 6) is -0.329. The lowest BCUT2D eigenvalue weighted by atomic mass is 10.4. The fraction of sp³-hybridized carbons (Fsp3) is 0.625. The number of hydrogen-bond acceptors (Lipinski definition) is 3. The number of rotatable bonds is 1. The van der Waals surface area contributed by atoms with Crippen LogP contribution in [0, 0.1) is 0 Å². The highest BCUT2D eigenvalue weighted by Crippen LogP contribution is 1.90. The average molecular weight is 157 g/mol.